The Morgan fingerprint density at radius 3 is 2.71 bits per heavy atom. The molecule has 1 aromatic rings. The Morgan fingerprint density at radius 2 is 1.93 bits per heavy atom. The second-order valence-corrected chi connectivity index (χ2v) is 3.11. The highest BCUT2D eigenvalue weighted by molar-refractivity contribution is 5.77. The Labute approximate surface area is 78.0 Å². The molecule has 0 radical (unpaired) electrons. The molecule has 0 fully saturated rings. The average molecular weight is 197 g/mol. The highest BCUT2D eigenvalue weighted by atomic mass is 19.3. The average Bonchev–Trinajstić information content (AvgIpc) is 2.59. The third-order valence-corrected chi connectivity index (χ3v) is 2.14. The first-order valence-corrected chi connectivity index (χ1v) is 4.09. The Balaban J connectivity index is 2.11. The molecule has 0 N–H and O–H groups in total. The van der Waals surface area contributed by atoms with Gasteiger partial charge in [-0.2, -0.15) is 0 Å². The lowest BCUT2D eigenvalue weighted by Crippen LogP contribution is -2.25. The van der Waals surface area contributed by atoms with Crippen molar-refractivity contribution in [3.63, 3.8) is 0 Å². The van der Waals surface area contributed by atoms with Gasteiger partial charge in [-0.1, -0.05) is 0 Å². The van der Waals surface area contributed by atoms with Gasteiger partial charge in [0, 0.05) is 18.7 Å². The van der Waals surface area contributed by atoms with Gasteiger partial charge in [0.25, 0.3) is 0 Å². The maximum Gasteiger partial charge on any atom is 0.586 e. The molecular formula is C9H5F2NO2. The molecule has 5 heteroatoms. The van der Waals surface area contributed by atoms with E-state index < -0.39 is 6.29 Å². The summed E-state index contributed by atoms with van der Waals surface area (Å²) in [6.07, 6.45) is -1.17. The van der Waals surface area contributed by atoms with Crippen molar-refractivity contribution in [1.82, 2.24) is 0 Å². The molecule has 0 atom stereocenters. The van der Waals surface area contributed by atoms with Gasteiger partial charge in [0.15, 0.2) is 11.5 Å². The van der Waals surface area contributed by atoms with Gasteiger partial charge in [-0.3, -0.25) is 4.99 Å². The first kappa shape index (κ1) is 7.73. The molecule has 2 aliphatic heterocycles. The number of halogens is 2. The predicted molar refractivity (Wildman–Crippen MR) is 44.5 cm³/mol. The van der Waals surface area contributed by atoms with E-state index in [0.29, 0.717) is 12.1 Å². The monoisotopic (exact) mass is 197 g/mol. The fourth-order valence-corrected chi connectivity index (χ4v) is 1.55. The maximum atomic E-state index is 12.6. The summed E-state index contributed by atoms with van der Waals surface area (Å²) >= 11 is 0. The van der Waals surface area contributed by atoms with E-state index in [-0.39, 0.29) is 11.5 Å². The van der Waals surface area contributed by atoms with Crippen LogP contribution in [-0.4, -0.2) is 12.5 Å². The van der Waals surface area contributed by atoms with Crippen molar-refractivity contribution in [1.29, 1.82) is 0 Å². The van der Waals surface area contributed by atoms with Crippen molar-refractivity contribution >= 4 is 11.9 Å². The van der Waals surface area contributed by atoms with Crippen LogP contribution in [-0.2, 0) is 6.42 Å². The van der Waals surface area contributed by atoms with E-state index in [1.165, 1.54) is 6.07 Å². The van der Waals surface area contributed by atoms with Crippen molar-refractivity contribution in [3.05, 3.63) is 17.7 Å². The van der Waals surface area contributed by atoms with Gasteiger partial charge in [0.2, 0.25) is 0 Å². The summed E-state index contributed by atoms with van der Waals surface area (Å²) in [6, 6.07) is 3.01. The van der Waals surface area contributed by atoms with Crippen LogP contribution >= 0.6 is 0 Å². The molecule has 0 bridgehead atoms. The van der Waals surface area contributed by atoms with Gasteiger partial charge >= 0.3 is 6.29 Å². The number of benzene rings is 1. The molecule has 0 unspecified atom stereocenters. The van der Waals surface area contributed by atoms with Gasteiger partial charge in [-0.05, 0) is 11.6 Å². The van der Waals surface area contributed by atoms with Crippen LogP contribution in [0.15, 0.2) is 17.1 Å². The number of hydrogen-bond acceptors (Lipinski definition) is 3. The number of aliphatic imine (C=N–C) groups is 1. The third kappa shape index (κ3) is 0.982. The minimum Gasteiger partial charge on any atom is -0.395 e. The first-order chi connectivity index (χ1) is 6.64. The molecule has 1 aromatic carbocycles. The van der Waals surface area contributed by atoms with E-state index in [1.54, 1.807) is 12.3 Å². The number of rotatable bonds is 0. The lowest BCUT2D eigenvalue weighted by Gasteiger charge is -2.04. The molecule has 14 heavy (non-hydrogen) atoms. The van der Waals surface area contributed by atoms with Crippen molar-refractivity contribution in [2.75, 3.05) is 0 Å². The summed E-state index contributed by atoms with van der Waals surface area (Å²) in [5, 5.41) is 0. The quantitative estimate of drug-likeness (QED) is 0.638. The second kappa shape index (κ2) is 2.23. The zero-order valence-electron chi connectivity index (χ0n) is 6.96. The van der Waals surface area contributed by atoms with Crippen molar-refractivity contribution in [2.24, 2.45) is 4.99 Å². The number of fused-ring (bicyclic) bond motifs is 2. The van der Waals surface area contributed by atoms with E-state index >= 15 is 0 Å². The van der Waals surface area contributed by atoms with Crippen LogP contribution < -0.4 is 9.47 Å². The van der Waals surface area contributed by atoms with Gasteiger partial charge in [0.05, 0.1) is 5.69 Å². The minimum atomic E-state index is -3.54. The summed E-state index contributed by atoms with van der Waals surface area (Å²) in [5.41, 5.74) is 1.55. The number of nitrogens with zero attached hydrogens (tertiary/aromatic N) is 1. The zero-order chi connectivity index (χ0) is 9.76. The molecule has 0 amide bonds. The summed E-state index contributed by atoms with van der Waals surface area (Å²) in [7, 11) is 0. The smallest absolute Gasteiger partial charge is 0.395 e. The molecule has 0 saturated carbocycles. The molecule has 2 aliphatic rings. The van der Waals surface area contributed by atoms with Crippen LogP contribution in [0.4, 0.5) is 14.5 Å². The molecule has 0 aliphatic carbocycles. The lowest BCUT2D eigenvalue weighted by molar-refractivity contribution is -0.286. The molecular weight excluding hydrogens is 192 g/mol. The van der Waals surface area contributed by atoms with E-state index in [1.807, 2.05) is 0 Å². The second-order valence-electron chi connectivity index (χ2n) is 3.11. The molecule has 0 aromatic heterocycles. The van der Waals surface area contributed by atoms with Crippen molar-refractivity contribution in [2.45, 2.75) is 12.7 Å². The largest absolute Gasteiger partial charge is 0.586 e. The van der Waals surface area contributed by atoms with E-state index in [0.717, 1.165) is 5.56 Å². The molecule has 3 rings (SSSR count). The lowest BCUT2D eigenvalue weighted by atomic mass is 10.1. The van der Waals surface area contributed by atoms with Crippen molar-refractivity contribution in [3.8, 4) is 11.5 Å². The molecule has 0 spiro atoms. The van der Waals surface area contributed by atoms with Crippen LogP contribution in [0.1, 0.15) is 5.56 Å². The minimum absolute atomic E-state index is 0.0489. The van der Waals surface area contributed by atoms with Crippen LogP contribution in [0.5, 0.6) is 11.5 Å². The molecule has 3 nitrogen and oxygen atoms in total. The number of alkyl halides is 2. The van der Waals surface area contributed by atoms with E-state index in [4.69, 9.17) is 0 Å². The Hall–Kier alpha value is -1.65. The topological polar surface area (TPSA) is 30.8 Å². The highest BCUT2D eigenvalue weighted by Crippen LogP contribution is 2.45. The zero-order valence-corrected chi connectivity index (χ0v) is 6.96. The summed E-state index contributed by atoms with van der Waals surface area (Å²) in [5.74, 6) is 0.132. The predicted octanol–water partition coefficient (Wildman–Crippen LogP) is 2.27. The molecule has 0 saturated heterocycles. The normalized spacial score (nSPS) is 19.9. The Bertz CT molecular complexity index is 443. The first-order valence-electron chi connectivity index (χ1n) is 4.09. The Kier molecular flexibility index (Phi) is 1.23. The maximum absolute atomic E-state index is 12.6. The highest BCUT2D eigenvalue weighted by Gasteiger charge is 2.43. The van der Waals surface area contributed by atoms with Gasteiger partial charge < -0.3 is 9.47 Å². The molecule has 2 heterocycles. The SMILES string of the molecule is FC1(F)Oc2cc3c(cc2O1)N=CC3. The fourth-order valence-electron chi connectivity index (χ4n) is 1.55. The van der Waals surface area contributed by atoms with Crippen LogP contribution in [0.3, 0.4) is 0 Å². The van der Waals surface area contributed by atoms with E-state index in [9.17, 15) is 8.78 Å². The Morgan fingerprint density at radius 1 is 1.21 bits per heavy atom. The number of ether oxygens (including phenoxy) is 2. The fraction of sp³-hybridized carbons (Fsp3) is 0.222. The van der Waals surface area contributed by atoms with Crippen LogP contribution in [0.25, 0.3) is 0 Å². The summed E-state index contributed by atoms with van der Waals surface area (Å²) in [6.45, 7) is 0. The van der Waals surface area contributed by atoms with Crippen LogP contribution in [0, 0.1) is 0 Å². The standard InChI is InChI=1S/C9H5F2NO2/c10-9(11)13-7-3-5-1-2-12-6(5)4-8(7)14-9/h2-4H,1H2. The number of hydrogen-bond donors (Lipinski definition) is 0. The van der Waals surface area contributed by atoms with Crippen molar-refractivity contribution < 1.29 is 18.3 Å². The van der Waals surface area contributed by atoms with Gasteiger partial charge in [-0.25, -0.2) is 0 Å². The summed E-state index contributed by atoms with van der Waals surface area (Å²) in [4.78, 5) is 4.02. The van der Waals surface area contributed by atoms with Crippen LogP contribution in [0.2, 0.25) is 0 Å². The van der Waals surface area contributed by atoms with E-state index in [2.05, 4.69) is 14.5 Å². The molecule has 72 valence electrons. The summed E-state index contributed by atoms with van der Waals surface area (Å²) < 4.78 is 33.9. The third-order valence-electron chi connectivity index (χ3n) is 2.14. The van der Waals surface area contributed by atoms with Gasteiger partial charge in [-0.15, -0.1) is 8.78 Å². The van der Waals surface area contributed by atoms with Gasteiger partial charge in [0.1, 0.15) is 0 Å².